The summed E-state index contributed by atoms with van der Waals surface area (Å²) in [5.74, 6) is 0.268. The average Bonchev–Trinajstić information content (AvgIpc) is 3.37. The number of benzene rings is 2. The van der Waals surface area contributed by atoms with Crippen LogP contribution in [0.15, 0.2) is 72.1 Å². The minimum absolute atomic E-state index is 0.0202. The molecule has 0 unspecified atom stereocenters. The molecule has 4 rings (SSSR count). The first-order valence-electron chi connectivity index (χ1n) is 11.7. The second-order valence-corrected chi connectivity index (χ2v) is 9.48. The number of anilines is 1. The lowest BCUT2D eigenvalue weighted by Gasteiger charge is -2.31. The molecule has 2 aromatic carbocycles. The van der Waals surface area contributed by atoms with E-state index in [9.17, 15) is 9.59 Å². The zero-order valence-electron chi connectivity index (χ0n) is 18.8. The Labute approximate surface area is 199 Å². The van der Waals surface area contributed by atoms with Gasteiger partial charge in [0.2, 0.25) is 11.8 Å². The number of piperidine rings is 1. The van der Waals surface area contributed by atoms with Crippen molar-refractivity contribution in [2.45, 2.75) is 25.7 Å². The van der Waals surface area contributed by atoms with Gasteiger partial charge >= 0.3 is 0 Å². The Hall–Kier alpha value is -2.96. The molecule has 0 aliphatic carbocycles. The summed E-state index contributed by atoms with van der Waals surface area (Å²) in [6.07, 6.45) is 3.04. The molecule has 0 atom stereocenters. The smallest absolute Gasteiger partial charge is 0.225 e. The molecule has 1 aliphatic heterocycles. The number of nitrogens with zero attached hydrogens (tertiary/aromatic N) is 1. The summed E-state index contributed by atoms with van der Waals surface area (Å²) in [7, 11) is 0. The van der Waals surface area contributed by atoms with Crippen LogP contribution in [0.5, 0.6) is 0 Å². The third-order valence-electron chi connectivity index (χ3n) is 6.15. The van der Waals surface area contributed by atoms with Gasteiger partial charge in [0.15, 0.2) is 0 Å². The van der Waals surface area contributed by atoms with Crippen molar-refractivity contribution in [1.82, 2.24) is 10.2 Å². The van der Waals surface area contributed by atoms with Gasteiger partial charge in [-0.2, -0.15) is 0 Å². The van der Waals surface area contributed by atoms with E-state index < -0.39 is 0 Å². The largest absolute Gasteiger partial charge is 0.355 e. The molecule has 2 amide bonds. The number of carbonyl (C=O) groups excluding carboxylic acids is 2. The number of likely N-dealkylation sites (tertiary alicyclic amines) is 1. The van der Waals surface area contributed by atoms with E-state index in [1.807, 2.05) is 60.7 Å². The Morgan fingerprint density at radius 2 is 1.70 bits per heavy atom. The zero-order valence-corrected chi connectivity index (χ0v) is 19.7. The predicted octanol–water partition coefficient (Wildman–Crippen LogP) is 4.81. The van der Waals surface area contributed by atoms with Crippen LogP contribution in [0.25, 0.3) is 11.1 Å². The fourth-order valence-corrected chi connectivity index (χ4v) is 4.97. The molecule has 6 heteroatoms. The van der Waals surface area contributed by atoms with Gasteiger partial charge in [-0.05, 0) is 55.4 Å². The van der Waals surface area contributed by atoms with Crippen LogP contribution in [0.2, 0.25) is 0 Å². The van der Waals surface area contributed by atoms with Crippen molar-refractivity contribution in [3.63, 3.8) is 0 Å². The monoisotopic (exact) mass is 461 g/mol. The highest BCUT2D eigenvalue weighted by atomic mass is 32.1. The van der Waals surface area contributed by atoms with E-state index in [1.54, 1.807) is 11.3 Å². The molecule has 0 spiro atoms. The molecule has 1 saturated heterocycles. The van der Waals surface area contributed by atoms with Crippen LogP contribution in [-0.4, -0.2) is 42.9 Å². The normalized spacial score (nSPS) is 14.7. The first kappa shape index (κ1) is 23.2. The van der Waals surface area contributed by atoms with Gasteiger partial charge in [0.05, 0.1) is 0 Å². The molecule has 0 radical (unpaired) electrons. The van der Waals surface area contributed by atoms with Gasteiger partial charge in [0.25, 0.3) is 0 Å². The average molecular weight is 462 g/mol. The summed E-state index contributed by atoms with van der Waals surface area (Å²) in [6.45, 7) is 3.13. The highest BCUT2D eigenvalue weighted by Gasteiger charge is 2.25. The van der Waals surface area contributed by atoms with Gasteiger partial charge in [-0.15, -0.1) is 11.3 Å². The van der Waals surface area contributed by atoms with Crippen molar-refractivity contribution >= 4 is 28.8 Å². The lowest BCUT2D eigenvalue weighted by molar-refractivity contribution is -0.126. The van der Waals surface area contributed by atoms with Gasteiger partial charge in [-0.3, -0.25) is 9.59 Å². The maximum atomic E-state index is 12.6. The van der Waals surface area contributed by atoms with E-state index in [0.29, 0.717) is 19.5 Å². The molecular formula is C27H31N3O2S. The summed E-state index contributed by atoms with van der Waals surface area (Å²) in [6, 6.07) is 22.1. The number of hydrogen-bond donors (Lipinski definition) is 2. The summed E-state index contributed by atoms with van der Waals surface area (Å²) in [4.78, 5) is 28.7. The third kappa shape index (κ3) is 6.76. The Morgan fingerprint density at radius 1 is 0.939 bits per heavy atom. The van der Waals surface area contributed by atoms with Crippen molar-refractivity contribution < 1.29 is 9.59 Å². The van der Waals surface area contributed by atoms with E-state index in [4.69, 9.17) is 0 Å². The molecule has 172 valence electrons. The van der Waals surface area contributed by atoms with E-state index in [2.05, 4.69) is 27.0 Å². The topological polar surface area (TPSA) is 61.4 Å². The molecule has 3 aromatic rings. The van der Waals surface area contributed by atoms with Crippen LogP contribution in [0.4, 0.5) is 5.69 Å². The van der Waals surface area contributed by atoms with Gasteiger partial charge in [0, 0.05) is 41.6 Å². The molecule has 1 fully saturated rings. The molecule has 1 aliphatic rings. The van der Waals surface area contributed by atoms with Crippen molar-refractivity contribution in [1.29, 1.82) is 0 Å². The van der Waals surface area contributed by atoms with Gasteiger partial charge in [-0.1, -0.05) is 54.6 Å². The lowest BCUT2D eigenvalue weighted by atomic mass is 9.95. The van der Waals surface area contributed by atoms with Gasteiger partial charge in [0.1, 0.15) is 0 Å². The minimum atomic E-state index is 0.0202. The number of para-hydroxylation sites is 1. The summed E-state index contributed by atoms with van der Waals surface area (Å²) < 4.78 is 0. The van der Waals surface area contributed by atoms with Crippen LogP contribution in [-0.2, 0) is 16.0 Å². The Morgan fingerprint density at radius 3 is 2.45 bits per heavy atom. The number of amides is 2. The van der Waals surface area contributed by atoms with Crippen LogP contribution >= 0.6 is 11.3 Å². The van der Waals surface area contributed by atoms with Gasteiger partial charge in [-0.25, -0.2) is 0 Å². The molecule has 2 heterocycles. The van der Waals surface area contributed by atoms with E-state index in [-0.39, 0.29) is 17.7 Å². The maximum absolute atomic E-state index is 12.6. The number of hydrogen-bond acceptors (Lipinski definition) is 4. The Balaban J connectivity index is 1.18. The fourth-order valence-electron chi connectivity index (χ4n) is 4.26. The fraction of sp³-hybridized carbons (Fsp3) is 0.333. The highest BCUT2D eigenvalue weighted by molar-refractivity contribution is 7.09. The first-order chi connectivity index (χ1) is 16.2. The highest BCUT2D eigenvalue weighted by Crippen LogP contribution is 2.27. The number of carbonyl (C=O) groups is 2. The SMILES string of the molecule is O=C(CCN1CCC(C(=O)NCCc2cccs2)CC1)Nc1ccccc1-c1ccccc1. The van der Waals surface area contributed by atoms with E-state index in [0.717, 1.165) is 49.2 Å². The molecular weight excluding hydrogens is 430 g/mol. The van der Waals surface area contributed by atoms with Crippen molar-refractivity contribution in [3.05, 3.63) is 77.0 Å². The second kappa shape index (κ2) is 11.8. The quantitative estimate of drug-likeness (QED) is 0.481. The third-order valence-corrected chi connectivity index (χ3v) is 7.09. The Kier molecular flexibility index (Phi) is 8.28. The van der Waals surface area contributed by atoms with E-state index in [1.165, 1.54) is 4.88 Å². The van der Waals surface area contributed by atoms with Crippen molar-refractivity contribution in [2.24, 2.45) is 5.92 Å². The van der Waals surface area contributed by atoms with Crippen molar-refractivity contribution in [2.75, 3.05) is 31.5 Å². The summed E-state index contributed by atoms with van der Waals surface area (Å²) >= 11 is 1.73. The molecule has 1 aromatic heterocycles. The first-order valence-corrected chi connectivity index (χ1v) is 12.5. The molecule has 2 N–H and O–H groups in total. The minimum Gasteiger partial charge on any atom is -0.355 e. The molecule has 0 bridgehead atoms. The predicted molar refractivity (Wildman–Crippen MR) is 135 cm³/mol. The van der Waals surface area contributed by atoms with Crippen LogP contribution in [0.1, 0.15) is 24.1 Å². The number of rotatable bonds is 9. The van der Waals surface area contributed by atoms with Crippen LogP contribution < -0.4 is 10.6 Å². The molecule has 0 saturated carbocycles. The maximum Gasteiger partial charge on any atom is 0.225 e. The molecule has 5 nitrogen and oxygen atoms in total. The summed E-state index contributed by atoms with van der Waals surface area (Å²) in [5.41, 5.74) is 2.95. The molecule has 33 heavy (non-hydrogen) atoms. The van der Waals surface area contributed by atoms with Crippen LogP contribution in [0, 0.1) is 5.92 Å². The van der Waals surface area contributed by atoms with Gasteiger partial charge < -0.3 is 15.5 Å². The van der Waals surface area contributed by atoms with Crippen LogP contribution in [0.3, 0.4) is 0 Å². The zero-order chi connectivity index (χ0) is 22.9. The summed E-state index contributed by atoms with van der Waals surface area (Å²) in [5, 5.41) is 8.23. The standard InChI is InChI=1S/C27H31N3O2S/c31-26(29-25-11-5-4-10-24(25)21-7-2-1-3-8-21)15-19-30-17-13-22(14-18-30)27(32)28-16-12-23-9-6-20-33-23/h1-11,20,22H,12-19H2,(H,28,32)(H,29,31). The lowest BCUT2D eigenvalue weighted by Crippen LogP contribution is -2.41. The van der Waals surface area contributed by atoms with E-state index >= 15 is 0 Å². The Bertz CT molecular complexity index is 1030. The number of nitrogens with one attached hydrogen (secondary N) is 2. The number of thiophene rings is 1. The van der Waals surface area contributed by atoms with Crippen molar-refractivity contribution in [3.8, 4) is 11.1 Å². The second-order valence-electron chi connectivity index (χ2n) is 8.45.